The molecule has 1 N–H and O–H groups in total. The molecule has 0 aliphatic carbocycles. The Hall–Kier alpha value is -2.53. The molecular formula is C21H26N2O3. The molecular weight excluding hydrogens is 328 g/mol. The van der Waals surface area contributed by atoms with Gasteiger partial charge in [0.1, 0.15) is 5.75 Å². The summed E-state index contributed by atoms with van der Waals surface area (Å²) in [5.74, 6) is 0.824. The maximum atomic E-state index is 12.2. The number of aryl methyl sites for hydroxylation is 2. The Kier molecular flexibility index (Phi) is 6.12. The third kappa shape index (κ3) is 4.76. The molecule has 3 rings (SSSR count). The molecule has 1 aliphatic heterocycles. The van der Waals surface area contributed by atoms with Gasteiger partial charge in [-0.3, -0.25) is 4.79 Å². The van der Waals surface area contributed by atoms with Crippen molar-refractivity contribution in [1.82, 2.24) is 0 Å². The fourth-order valence-corrected chi connectivity index (χ4v) is 3.10. The number of para-hydroxylation sites is 1. The fraction of sp³-hybridized carbons (Fsp3) is 0.381. The van der Waals surface area contributed by atoms with E-state index in [-0.39, 0.29) is 5.91 Å². The van der Waals surface area contributed by atoms with E-state index >= 15 is 0 Å². The summed E-state index contributed by atoms with van der Waals surface area (Å²) < 4.78 is 11.2. The smallest absolute Gasteiger partial charge is 0.227 e. The van der Waals surface area contributed by atoms with Crippen LogP contribution in [0.1, 0.15) is 17.5 Å². The highest BCUT2D eigenvalue weighted by Crippen LogP contribution is 2.23. The van der Waals surface area contributed by atoms with Crippen LogP contribution < -0.4 is 15.0 Å². The first-order valence-corrected chi connectivity index (χ1v) is 9.05. The van der Waals surface area contributed by atoms with Crippen LogP contribution >= 0.6 is 0 Å². The van der Waals surface area contributed by atoms with Crippen molar-refractivity contribution in [2.75, 3.05) is 43.1 Å². The summed E-state index contributed by atoms with van der Waals surface area (Å²) in [7, 11) is 0. The Morgan fingerprint density at radius 3 is 2.54 bits per heavy atom. The minimum Gasteiger partial charge on any atom is -0.493 e. The van der Waals surface area contributed by atoms with E-state index < -0.39 is 0 Å². The van der Waals surface area contributed by atoms with E-state index in [2.05, 4.69) is 16.3 Å². The van der Waals surface area contributed by atoms with Crippen LogP contribution in [-0.4, -0.2) is 38.8 Å². The topological polar surface area (TPSA) is 50.8 Å². The molecule has 26 heavy (non-hydrogen) atoms. The fourth-order valence-electron chi connectivity index (χ4n) is 3.10. The Morgan fingerprint density at radius 1 is 1.12 bits per heavy atom. The van der Waals surface area contributed by atoms with Crippen molar-refractivity contribution in [3.8, 4) is 5.75 Å². The van der Waals surface area contributed by atoms with Gasteiger partial charge < -0.3 is 19.7 Å². The number of hydrogen-bond donors (Lipinski definition) is 1. The van der Waals surface area contributed by atoms with E-state index in [9.17, 15) is 4.79 Å². The first kappa shape index (κ1) is 18.3. The average molecular weight is 354 g/mol. The van der Waals surface area contributed by atoms with Crippen LogP contribution in [0.4, 0.5) is 11.4 Å². The predicted octanol–water partition coefficient (Wildman–Crippen LogP) is 3.55. The van der Waals surface area contributed by atoms with Gasteiger partial charge in [0.15, 0.2) is 0 Å². The first-order valence-electron chi connectivity index (χ1n) is 9.05. The maximum absolute atomic E-state index is 12.2. The van der Waals surface area contributed by atoms with E-state index in [1.54, 1.807) is 0 Å². The summed E-state index contributed by atoms with van der Waals surface area (Å²) in [6.45, 7) is 7.63. The van der Waals surface area contributed by atoms with Crippen LogP contribution in [0.25, 0.3) is 0 Å². The van der Waals surface area contributed by atoms with Crippen LogP contribution in [0, 0.1) is 13.8 Å². The second kappa shape index (κ2) is 8.72. The summed E-state index contributed by atoms with van der Waals surface area (Å²) >= 11 is 0. The molecule has 5 heteroatoms. The molecule has 0 unspecified atom stereocenters. The van der Waals surface area contributed by atoms with Crippen LogP contribution in [0.5, 0.6) is 5.75 Å². The van der Waals surface area contributed by atoms with Gasteiger partial charge in [-0.15, -0.1) is 0 Å². The minimum atomic E-state index is -0.0460. The normalized spacial score (nSPS) is 14.2. The number of nitrogens with one attached hydrogen (secondary N) is 1. The molecule has 0 bridgehead atoms. The zero-order chi connectivity index (χ0) is 18.4. The third-order valence-corrected chi connectivity index (χ3v) is 4.49. The first-order chi connectivity index (χ1) is 12.6. The number of carbonyl (C=O) groups excluding carboxylic acids is 1. The Labute approximate surface area is 154 Å². The van der Waals surface area contributed by atoms with Crippen molar-refractivity contribution in [2.45, 2.75) is 20.3 Å². The Morgan fingerprint density at radius 2 is 1.81 bits per heavy atom. The number of amides is 1. The van der Waals surface area contributed by atoms with Gasteiger partial charge in [0.2, 0.25) is 5.91 Å². The number of rotatable bonds is 6. The lowest BCUT2D eigenvalue weighted by molar-refractivity contribution is -0.116. The number of carbonyl (C=O) groups is 1. The summed E-state index contributed by atoms with van der Waals surface area (Å²) in [6, 6.07) is 14.0. The second-order valence-electron chi connectivity index (χ2n) is 6.52. The highest BCUT2D eigenvalue weighted by Gasteiger charge is 2.12. The van der Waals surface area contributed by atoms with Gasteiger partial charge in [0.25, 0.3) is 0 Å². The minimum absolute atomic E-state index is 0.0460. The van der Waals surface area contributed by atoms with Crippen LogP contribution in [-0.2, 0) is 9.53 Å². The van der Waals surface area contributed by atoms with Crippen molar-refractivity contribution in [2.24, 2.45) is 0 Å². The lowest BCUT2D eigenvalue weighted by Crippen LogP contribution is -2.36. The third-order valence-electron chi connectivity index (χ3n) is 4.49. The van der Waals surface area contributed by atoms with Gasteiger partial charge in [-0.25, -0.2) is 0 Å². The van der Waals surface area contributed by atoms with Gasteiger partial charge in [-0.1, -0.05) is 24.3 Å². The predicted molar refractivity (Wildman–Crippen MR) is 104 cm³/mol. The van der Waals surface area contributed by atoms with Crippen LogP contribution in [0.2, 0.25) is 0 Å². The maximum Gasteiger partial charge on any atom is 0.227 e. The number of nitrogens with zero attached hydrogens (tertiary/aromatic N) is 1. The quantitative estimate of drug-likeness (QED) is 0.862. The molecule has 1 heterocycles. The monoisotopic (exact) mass is 354 g/mol. The van der Waals surface area contributed by atoms with Gasteiger partial charge in [0.05, 0.1) is 26.2 Å². The Bertz CT molecular complexity index is 734. The van der Waals surface area contributed by atoms with Gasteiger partial charge in [0, 0.05) is 24.5 Å². The van der Waals surface area contributed by atoms with Crippen molar-refractivity contribution >= 4 is 17.3 Å². The summed E-state index contributed by atoms with van der Waals surface area (Å²) in [5, 5.41) is 2.96. The zero-order valence-electron chi connectivity index (χ0n) is 15.5. The molecule has 1 saturated heterocycles. The van der Waals surface area contributed by atoms with Crippen molar-refractivity contribution in [1.29, 1.82) is 0 Å². The molecule has 1 aliphatic rings. The largest absolute Gasteiger partial charge is 0.493 e. The number of anilines is 2. The van der Waals surface area contributed by atoms with Crippen molar-refractivity contribution < 1.29 is 14.3 Å². The molecule has 0 radical (unpaired) electrons. The number of morpholine rings is 1. The van der Waals surface area contributed by atoms with Gasteiger partial charge in [-0.05, 0) is 43.2 Å². The molecule has 138 valence electrons. The Balaban J connectivity index is 1.52. The lowest BCUT2D eigenvalue weighted by atomic mass is 10.1. The van der Waals surface area contributed by atoms with E-state index in [0.717, 1.165) is 54.6 Å². The molecule has 2 aromatic carbocycles. The highest BCUT2D eigenvalue weighted by atomic mass is 16.5. The van der Waals surface area contributed by atoms with E-state index in [1.807, 2.05) is 50.2 Å². The summed E-state index contributed by atoms with van der Waals surface area (Å²) in [6.07, 6.45) is 0.315. The molecule has 1 fully saturated rings. The molecule has 1 amide bonds. The van der Waals surface area contributed by atoms with E-state index in [1.165, 1.54) is 0 Å². The van der Waals surface area contributed by atoms with Gasteiger partial charge in [-0.2, -0.15) is 0 Å². The summed E-state index contributed by atoms with van der Waals surface area (Å²) in [4.78, 5) is 14.5. The number of hydrogen-bond acceptors (Lipinski definition) is 4. The second-order valence-corrected chi connectivity index (χ2v) is 6.52. The molecule has 0 saturated carbocycles. The SMILES string of the molecule is Cc1cccc(C)c1OCCC(=O)Nc1cccc(N2CCOCC2)c1. The highest BCUT2D eigenvalue weighted by molar-refractivity contribution is 5.91. The average Bonchev–Trinajstić information content (AvgIpc) is 2.65. The molecule has 0 atom stereocenters. The molecule has 5 nitrogen and oxygen atoms in total. The lowest BCUT2D eigenvalue weighted by Gasteiger charge is -2.29. The van der Waals surface area contributed by atoms with E-state index in [4.69, 9.17) is 9.47 Å². The van der Waals surface area contributed by atoms with E-state index in [0.29, 0.717) is 13.0 Å². The van der Waals surface area contributed by atoms with Gasteiger partial charge >= 0.3 is 0 Å². The number of ether oxygens (including phenoxy) is 2. The van der Waals surface area contributed by atoms with Crippen molar-refractivity contribution in [3.63, 3.8) is 0 Å². The molecule has 0 spiro atoms. The van der Waals surface area contributed by atoms with Crippen LogP contribution in [0.15, 0.2) is 42.5 Å². The molecule has 2 aromatic rings. The zero-order valence-corrected chi connectivity index (χ0v) is 15.5. The number of benzene rings is 2. The van der Waals surface area contributed by atoms with Crippen LogP contribution in [0.3, 0.4) is 0 Å². The van der Waals surface area contributed by atoms with Crippen molar-refractivity contribution in [3.05, 3.63) is 53.6 Å². The molecule has 0 aromatic heterocycles. The summed E-state index contributed by atoms with van der Waals surface area (Å²) in [5.41, 5.74) is 4.09. The standard InChI is InChI=1S/C21H26N2O3/c1-16-5-3-6-17(2)21(16)26-12-9-20(24)22-18-7-4-8-19(15-18)23-10-13-25-14-11-23/h3-8,15H,9-14H2,1-2H3,(H,22,24).